The maximum Gasteiger partial charge on any atom is 0.264 e. The number of H-pyrrole nitrogens is 1. The first-order chi connectivity index (χ1) is 9.51. The van der Waals surface area contributed by atoms with Gasteiger partial charge >= 0.3 is 0 Å². The number of benzene rings is 1. The van der Waals surface area contributed by atoms with Crippen LogP contribution in [-0.2, 0) is 17.8 Å². The van der Waals surface area contributed by atoms with Crippen LogP contribution in [-0.4, -0.2) is 17.1 Å². The van der Waals surface area contributed by atoms with Crippen molar-refractivity contribution in [2.45, 2.75) is 13.0 Å². The molecule has 2 rings (SSSR count). The van der Waals surface area contributed by atoms with Crippen LogP contribution in [0.3, 0.4) is 0 Å². The Morgan fingerprint density at radius 1 is 1.50 bits per heavy atom. The predicted octanol–water partition coefficient (Wildman–Crippen LogP) is 2.90. The first-order valence-electron chi connectivity index (χ1n) is 5.71. The molecule has 0 fully saturated rings. The van der Waals surface area contributed by atoms with Crippen LogP contribution in [0.2, 0.25) is 5.02 Å². The van der Waals surface area contributed by atoms with E-state index >= 15 is 0 Å². The van der Waals surface area contributed by atoms with E-state index in [4.69, 9.17) is 16.3 Å². The Morgan fingerprint density at radius 3 is 2.90 bits per heavy atom. The van der Waals surface area contributed by atoms with Crippen LogP contribution in [0.15, 0.2) is 23.0 Å². The Morgan fingerprint density at radius 2 is 2.25 bits per heavy atom. The number of methoxy groups -OCH3 is 1. The zero-order valence-corrected chi connectivity index (χ0v) is 13.5. The summed E-state index contributed by atoms with van der Waals surface area (Å²) in [6, 6.07) is 4.13. The molecule has 0 aliphatic rings. The Balaban J connectivity index is 2.36. The molecule has 0 aliphatic heterocycles. The van der Waals surface area contributed by atoms with Crippen molar-refractivity contribution in [3.05, 3.63) is 60.0 Å². The standard InChI is InChI=1S/C13H11ClFIN2O2/c1-20-6-10-12(16)13(19)18-11(17-10)4-7-2-3-8(15)5-9(7)14/h2-3,5H,4,6H2,1H3,(H,17,18,19). The van der Waals surface area contributed by atoms with Gasteiger partial charge in [0.2, 0.25) is 0 Å². The molecule has 106 valence electrons. The summed E-state index contributed by atoms with van der Waals surface area (Å²) in [7, 11) is 1.54. The van der Waals surface area contributed by atoms with E-state index in [9.17, 15) is 9.18 Å². The summed E-state index contributed by atoms with van der Waals surface area (Å²) >= 11 is 7.89. The second kappa shape index (κ2) is 6.64. The SMILES string of the molecule is COCc1nc(Cc2ccc(F)cc2Cl)[nH]c(=O)c1I. The molecule has 7 heteroatoms. The maximum absolute atomic E-state index is 13.0. The Bertz CT molecular complexity index is 691. The number of hydrogen-bond donors (Lipinski definition) is 1. The minimum atomic E-state index is -0.400. The fourth-order valence-corrected chi connectivity index (χ4v) is 2.36. The van der Waals surface area contributed by atoms with Gasteiger partial charge in [0.25, 0.3) is 5.56 Å². The molecule has 0 saturated heterocycles. The summed E-state index contributed by atoms with van der Waals surface area (Å²) < 4.78 is 18.5. The molecule has 0 radical (unpaired) electrons. The highest BCUT2D eigenvalue weighted by Gasteiger charge is 2.11. The van der Waals surface area contributed by atoms with Crippen molar-refractivity contribution in [2.24, 2.45) is 0 Å². The fraction of sp³-hybridized carbons (Fsp3) is 0.231. The lowest BCUT2D eigenvalue weighted by Crippen LogP contribution is -2.18. The molecule has 0 unspecified atom stereocenters. The van der Waals surface area contributed by atoms with Gasteiger partial charge in [0.05, 0.1) is 12.3 Å². The number of nitrogens with zero attached hydrogens (tertiary/aromatic N) is 1. The van der Waals surface area contributed by atoms with Crippen LogP contribution in [0, 0.1) is 9.39 Å². The minimum absolute atomic E-state index is 0.221. The third-order valence-corrected chi connectivity index (χ3v) is 4.10. The number of aromatic nitrogens is 2. The quantitative estimate of drug-likeness (QED) is 0.792. The van der Waals surface area contributed by atoms with E-state index in [1.807, 2.05) is 22.6 Å². The summed E-state index contributed by atoms with van der Waals surface area (Å²) in [5, 5.41) is 0.305. The lowest BCUT2D eigenvalue weighted by Gasteiger charge is -2.07. The molecule has 0 amide bonds. The fourth-order valence-electron chi connectivity index (χ4n) is 1.72. The Kier molecular flexibility index (Phi) is 5.11. The number of nitrogens with one attached hydrogen (secondary N) is 1. The minimum Gasteiger partial charge on any atom is -0.378 e. The number of ether oxygens (including phenoxy) is 1. The second-order valence-electron chi connectivity index (χ2n) is 4.12. The lowest BCUT2D eigenvalue weighted by molar-refractivity contribution is 0.180. The summed E-state index contributed by atoms with van der Waals surface area (Å²) in [5.74, 6) is 0.0684. The smallest absolute Gasteiger partial charge is 0.264 e. The number of rotatable bonds is 4. The van der Waals surface area contributed by atoms with Crippen molar-refractivity contribution in [2.75, 3.05) is 7.11 Å². The number of aromatic amines is 1. The molecular weight excluding hydrogens is 398 g/mol. The predicted molar refractivity (Wildman–Crippen MR) is 82.5 cm³/mol. The van der Waals surface area contributed by atoms with Gasteiger partial charge in [-0.1, -0.05) is 17.7 Å². The van der Waals surface area contributed by atoms with Gasteiger partial charge in [0.1, 0.15) is 15.2 Å². The van der Waals surface area contributed by atoms with Crippen molar-refractivity contribution < 1.29 is 9.13 Å². The van der Waals surface area contributed by atoms with Gasteiger partial charge in [-0.2, -0.15) is 0 Å². The molecule has 20 heavy (non-hydrogen) atoms. The van der Waals surface area contributed by atoms with E-state index in [-0.39, 0.29) is 12.2 Å². The summed E-state index contributed by atoms with van der Waals surface area (Å²) in [6.07, 6.45) is 0.321. The Labute approximate surface area is 133 Å². The molecule has 1 heterocycles. The Hall–Kier alpha value is -0.990. The van der Waals surface area contributed by atoms with Crippen LogP contribution in [0.5, 0.6) is 0 Å². The van der Waals surface area contributed by atoms with Crippen LogP contribution < -0.4 is 5.56 Å². The lowest BCUT2D eigenvalue weighted by atomic mass is 10.1. The second-order valence-corrected chi connectivity index (χ2v) is 5.60. The van der Waals surface area contributed by atoms with Gasteiger partial charge < -0.3 is 9.72 Å². The van der Waals surface area contributed by atoms with Crippen molar-refractivity contribution in [1.82, 2.24) is 9.97 Å². The van der Waals surface area contributed by atoms with E-state index in [1.54, 1.807) is 6.07 Å². The first kappa shape index (κ1) is 15.4. The summed E-state index contributed by atoms with van der Waals surface area (Å²) in [6.45, 7) is 0.256. The zero-order chi connectivity index (χ0) is 14.7. The van der Waals surface area contributed by atoms with E-state index < -0.39 is 5.82 Å². The summed E-state index contributed by atoms with van der Waals surface area (Å²) in [4.78, 5) is 18.8. The highest BCUT2D eigenvalue weighted by Crippen LogP contribution is 2.19. The largest absolute Gasteiger partial charge is 0.378 e. The molecule has 4 nitrogen and oxygen atoms in total. The van der Waals surface area contributed by atoms with Crippen molar-refractivity contribution in [3.8, 4) is 0 Å². The van der Waals surface area contributed by atoms with E-state index in [0.29, 0.717) is 32.1 Å². The van der Waals surface area contributed by atoms with Crippen molar-refractivity contribution >= 4 is 34.2 Å². The highest BCUT2D eigenvalue weighted by atomic mass is 127. The van der Waals surface area contributed by atoms with Crippen LogP contribution in [0.1, 0.15) is 17.1 Å². The highest BCUT2D eigenvalue weighted by molar-refractivity contribution is 14.1. The molecule has 0 spiro atoms. The van der Waals surface area contributed by atoms with Crippen LogP contribution >= 0.6 is 34.2 Å². The normalized spacial score (nSPS) is 10.8. The molecule has 0 bridgehead atoms. The van der Waals surface area contributed by atoms with Gasteiger partial charge in [-0.05, 0) is 40.3 Å². The molecule has 2 aromatic rings. The van der Waals surface area contributed by atoms with E-state index in [1.165, 1.54) is 19.2 Å². The molecule has 1 N–H and O–H groups in total. The average Bonchev–Trinajstić information content (AvgIpc) is 2.39. The van der Waals surface area contributed by atoms with Crippen LogP contribution in [0.25, 0.3) is 0 Å². The van der Waals surface area contributed by atoms with Gasteiger partial charge in [-0.15, -0.1) is 0 Å². The monoisotopic (exact) mass is 408 g/mol. The van der Waals surface area contributed by atoms with Crippen LogP contribution in [0.4, 0.5) is 4.39 Å². The van der Waals surface area contributed by atoms with Gasteiger partial charge in [0, 0.05) is 18.6 Å². The molecule has 0 atom stereocenters. The molecular formula is C13H11ClFIN2O2. The van der Waals surface area contributed by atoms with E-state index in [0.717, 1.165) is 0 Å². The number of halogens is 3. The zero-order valence-electron chi connectivity index (χ0n) is 10.5. The third kappa shape index (κ3) is 3.56. The molecule has 0 aliphatic carbocycles. The maximum atomic E-state index is 13.0. The van der Waals surface area contributed by atoms with Crippen molar-refractivity contribution in [3.63, 3.8) is 0 Å². The summed E-state index contributed by atoms with van der Waals surface area (Å²) in [5.41, 5.74) is 1.05. The third-order valence-electron chi connectivity index (χ3n) is 2.63. The molecule has 1 aromatic heterocycles. The van der Waals surface area contributed by atoms with Gasteiger partial charge in [-0.3, -0.25) is 4.79 Å². The molecule has 1 aromatic carbocycles. The van der Waals surface area contributed by atoms with Gasteiger partial charge in [-0.25, -0.2) is 9.37 Å². The van der Waals surface area contributed by atoms with E-state index in [2.05, 4.69) is 9.97 Å². The number of hydrogen-bond acceptors (Lipinski definition) is 3. The first-order valence-corrected chi connectivity index (χ1v) is 7.17. The molecule has 0 saturated carbocycles. The topological polar surface area (TPSA) is 55.0 Å². The van der Waals surface area contributed by atoms with Crippen molar-refractivity contribution in [1.29, 1.82) is 0 Å². The van der Waals surface area contributed by atoms with Gasteiger partial charge in [0.15, 0.2) is 0 Å². The average molecular weight is 409 g/mol.